The molecule has 0 fully saturated rings. The Balaban J connectivity index is 1.90. The second-order valence-electron chi connectivity index (χ2n) is 5.44. The van der Waals surface area contributed by atoms with Gasteiger partial charge in [0.25, 0.3) is 0 Å². The van der Waals surface area contributed by atoms with Gasteiger partial charge in [-0.1, -0.05) is 30.2 Å². The minimum absolute atomic E-state index is 0.0520. The molecule has 1 aromatic carbocycles. The summed E-state index contributed by atoms with van der Waals surface area (Å²) in [5.41, 5.74) is 2.55. The number of esters is 1. The Labute approximate surface area is 137 Å². The molecule has 0 aromatic heterocycles. The average molecular weight is 313 g/mol. The molecule has 2 rings (SSSR count). The first-order valence-corrected chi connectivity index (χ1v) is 8.04. The summed E-state index contributed by atoms with van der Waals surface area (Å²) in [4.78, 5) is 15.6. The molecule has 0 amide bonds. The highest BCUT2D eigenvalue weighted by atomic mass is 16.5. The van der Waals surface area contributed by atoms with Gasteiger partial charge in [0, 0.05) is 25.2 Å². The van der Waals surface area contributed by atoms with E-state index in [1.807, 2.05) is 25.3 Å². The molecule has 122 valence electrons. The summed E-state index contributed by atoms with van der Waals surface area (Å²) in [5.74, 6) is 2.48. The summed E-state index contributed by atoms with van der Waals surface area (Å²) >= 11 is 0. The highest BCUT2D eigenvalue weighted by Crippen LogP contribution is 2.34. The van der Waals surface area contributed by atoms with Crippen molar-refractivity contribution in [2.75, 3.05) is 19.8 Å². The summed E-state index contributed by atoms with van der Waals surface area (Å²) in [6, 6.07) is 8.31. The normalized spacial score (nSPS) is 19.5. The third-order valence-electron chi connectivity index (χ3n) is 3.85. The zero-order chi connectivity index (χ0) is 16.5. The maximum absolute atomic E-state index is 11.3. The summed E-state index contributed by atoms with van der Waals surface area (Å²) < 4.78 is 10.9. The molecule has 1 aliphatic carbocycles. The van der Waals surface area contributed by atoms with E-state index in [1.54, 1.807) is 0 Å². The van der Waals surface area contributed by atoms with Crippen LogP contribution in [0.5, 0.6) is 0 Å². The molecule has 4 heteroatoms. The SMILES string of the molecule is C#CC/N=C/[C@H]1c2ccccc2C[C@H]1OCCCC(=O)OCC. The molecule has 1 aliphatic rings. The van der Waals surface area contributed by atoms with Crippen LogP contribution in [0.4, 0.5) is 0 Å². The van der Waals surface area contributed by atoms with Crippen LogP contribution in [-0.2, 0) is 20.7 Å². The van der Waals surface area contributed by atoms with Gasteiger partial charge in [-0.05, 0) is 30.9 Å². The number of benzene rings is 1. The van der Waals surface area contributed by atoms with Crippen molar-refractivity contribution in [2.45, 2.75) is 38.2 Å². The standard InChI is InChI=1S/C19H23NO3/c1-3-11-20-14-17-16-9-6-5-8-15(16)13-18(17)23-12-7-10-19(21)22-4-2/h1,5-6,8-9,14,17-18H,4,7,10-13H2,2H3/b20-14+/t17-,18+/m0/s1. The quantitative estimate of drug-likeness (QED) is 0.321. The summed E-state index contributed by atoms with van der Waals surface area (Å²) in [7, 11) is 0. The van der Waals surface area contributed by atoms with Gasteiger partial charge in [-0.3, -0.25) is 9.79 Å². The molecule has 0 bridgehead atoms. The van der Waals surface area contributed by atoms with E-state index in [0.717, 1.165) is 6.42 Å². The molecule has 0 N–H and O–H groups in total. The van der Waals surface area contributed by atoms with Crippen LogP contribution in [0.3, 0.4) is 0 Å². The zero-order valence-corrected chi connectivity index (χ0v) is 13.5. The lowest BCUT2D eigenvalue weighted by atomic mass is 10.0. The van der Waals surface area contributed by atoms with Crippen LogP contribution in [0.2, 0.25) is 0 Å². The molecule has 0 saturated carbocycles. The monoisotopic (exact) mass is 313 g/mol. The van der Waals surface area contributed by atoms with E-state index in [-0.39, 0.29) is 18.0 Å². The average Bonchev–Trinajstić information content (AvgIpc) is 2.90. The fraction of sp³-hybridized carbons (Fsp3) is 0.474. The molecule has 2 atom stereocenters. The van der Waals surface area contributed by atoms with Gasteiger partial charge >= 0.3 is 5.97 Å². The second-order valence-corrected chi connectivity index (χ2v) is 5.44. The number of hydrogen-bond donors (Lipinski definition) is 0. The first kappa shape index (κ1) is 17.2. The molecule has 23 heavy (non-hydrogen) atoms. The Morgan fingerprint density at radius 1 is 1.48 bits per heavy atom. The van der Waals surface area contributed by atoms with Crippen LogP contribution in [0.15, 0.2) is 29.3 Å². The van der Waals surface area contributed by atoms with Gasteiger partial charge in [0.2, 0.25) is 0 Å². The molecule has 0 radical (unpaired) electrons. The maximum Gasteiger partial charge on any atom is 0.305 e. The van der Waals surface area contributed by atoms with Crippen molar-refractivity contribution in [3.63, 3.8) is 0 Å². The van der Waals surface area contributed by atoms with E-state index in [2.05, 4.69) is 23.0 Å². The first-order chi connectivity index (χ1) is 11.3. The zero-order valence-electron chi connectivity index (χ0n) is 13.5. The van der Waals surface area contributed by atoms with Crippen molar-refractivity contribution in [3.05, 3.63) is 35.4 Å². The number of aliphatic imine (C=N–C) groups is 1. The number of terminal acetylenes is 1. The minimum atomic E-state index is -0.169. The predicted molar refractivity (Wildman–Crippen MR) is 90.7 cm³/mol. The first-order valence-electron chi connectivity index (χ1n) is 8.04. The fourth-order valence-corrected chi connectivity index (χ4v) is 2.83. The van der Waals surface area contributed by atoms with E-state index in [0.29, 0.717) is 32.6 Å². The lowest BCUT2D eigenvalue weighted by Gasteiger charge is -2.17. The molecule has 0 unspecified atom stereocenters. The molecular formula is C19H23NO3. The van der Waals surface area contributed by atoms with Gasteiger partial charge in [-0.15, -0.1) is 6.42 Å². The molecule has 4 nitrogen and oxygen atoms in total. The summed E-state index contributed by atoms with van der Waals surface area (Å²) in [6.07, 6.45) is 9.13. The van der Waals surface area contributed by atoms with Crippen LogP contribution >= 0.6 is 0 Å². The summed E-state index contributed by atoms with van der Waals surface area (Å²) in [6.45, 7) is 3.15. The van der Waals surface area contributed by atoms with Gasteiger partial charge in [-0.2, -0.15) is 0 Å². The summed E-state index contributed by atoms with van der Waals surface area (Å²) in [5, 5.41) is 0. The Morgan fingerprint density at radius 2 is 2.30 bits per heavy atom. The third kappa shape index (κ3) is 4.94. The van der Waals surface area contributed by atoms with E-state index >= 15 is 0 Å². The largest absolute Gasteiger partial charge is 0.466 e. The maximum atomic E-state index is 11.3. The molecule has 0 heterocycles. The van der Waals surface area contributed by atoms with Crippen LogP contribution in [0.25, 0.3) is 0 Å². The van der Waals surface area contributed by atoms with Crippen molar-refractivity contribution in [2.24, 2.45) is 4.99 Å². The lowest BCUT2D eigenvalue weighted by Crippen LogP contribution is -2.21. The Morgan fingerprint density at radius 3 is 3.09 bits per heavy atom. The number of rotatable bonds is 8. The Kier molecular flexibility index (Phi) is 6.83. The van der Waals surface area contributed by atoms with Gasteiger partial charge in [-0.25, -0.2) is 0 Å². The molecule has 0 aliphatic heterocycles. The van der Waals surface area contributed by atoms with Crippen molar-refractivity contribution >= 4 is 12.2 Å². The van der Waals surface area contributed by atoms with Crippen molar-refractivity contribution in [3.8, 4) is 12.3 Å². The van der Waals surface area contributed by atoms with Crippen molar-refractivity contribution in [1.29, 1.82) is 0 Å². The highest BCUT2D eigenvalue weighted by Gasteiger charge is 2.31. The number of carbonyl (C=O) groups excluding carboxylic acids is 1. The predicted octanol–water partition coefficient (Wildman–Crippen LogP) is 2.76. The van der Waals surface area contributed by atoms with Crippen LogP contribution < -0.4 is 0 Å². The van der Waals surface area contributed by atoms with E-state index < -0.39 is 0 Å². The van der Waals surface area contributed by atoms with E-state index in [4.69, 9.17) is 15.9 Å². The second kappa shape index (κ2) is 9.12. The van der Waals surface area contributed by atoms with Crippen LogP contribution in [-0.4, -0.2) is 38.0 Å². The van der Waals surface area contributed by atoms with Gasteiger partial charge in [0.15, 0.2) is 0 Å². The Hall–Kier alpha value is -2.12. The number of nitrogens with zero attached hydrogens (tertiary/aromatic N) is 1. The van der Waals surface area contributed by atoms with Gasteiger partial charge in [0.05, 0.1) is 19.3 Å². The van der Waals surface area contributed by atoms with Crippen LogP contribution in [0, 0.1) is 12.3 Å². The fourth-order valence-electron chi connectivity index (χ4n) is 2.83. The number of carbonyl (C=O) groups is 1. The number of hydrogen-bond acceptors (Lipinski definition) is 4. The van der Waals surface area contributed by atoms with Crippen LogP contribution in [0.1, 0.15) is 36.8 Å². The number of fused-ring (bicyclic) bond motifs is 1. The van der Waals surface area contributed by atoms with E-state index in [9.17, 15) is 4.79 Å². The highest BCUT2D eigenvalue weighted by molar-refractivity contribution is 5.72. The Bertz CT molecular complexity index is 589. The number of ether oxygens (including phenoxy) is 2. The molecular weight excluding hydrogens is 290 g/mol. The topological polar surface area (TPSA) is 47.9 Å². The van der Waals surface area contributed by atoms with Crippen molar-refractivity contribution < 1.29 is 14.3 Å². The van der Waals surface area contributed by atoms with E-state index in [1.165, 1.54) is 11.1 Å². The van der Waals surface area contributed by atoms with Gasteiger partial charge < -0.3 is 9.47 Å². The minimum Gasteiger partial charge on any atom is -0.466 e. The van der Waals surface area contributed by atoms with Gasteiger partial charge in [0.1, 0.15) is 0 Å². The molecule has 0 saturated heterocycles. The smallest absolute Gasteiger partial charge is 0.305 e. The molecule has 0 spiro atoms. The van der Waals surface area contributed by atoms with Crippen molar-refractivity contribution in [1.82, 2.24) is 0 Å². The third-order valence-corrected chi connectivity index (χ3v) is 3.85. The molecule has 1 aromatic rings. The lowest BCUT2D eigenvalue weighted by molar-refractivity contribution is -0.143.